The minimum atomic E-state index is -0.771. The average Bonchev–Trinajstić information content (AvgIpc) is 2.92. The van der Waals surface area contributed by atoms with Gasteiger partial charge >= 0.3 is 0 Å². The van der Waals surface area contributed by atoms with Crippen LogP contribution in [-0.4, -0.2) is 48.5 Å². The quantitative estimate of drug-likeness (QED) is 0.510. The van der Waals surface area contributed by atoms with Crippen molar-refractivity contribution < 1.29 is 14.9 Å². The number of hydrogen-bond acceptors (Lipinski definition) is 7. The van der Waals surface area contributed by atoms with E-state index in [2.05, 4.69) is 15.0 Å². The fraction of sp³-hybridized carbons (Fsp3) is 0.500. The molecule has 0 aliphatic carbocycles. The number of H-pyrrole nitrogens is 1. The van der Waals surface area contributed by atoms with Crippen LogP contribution in [0.1, 0.15) is 12.6 Å². The maximum Gasteiger partial charge on any atom is 0.280 e. The molecule has 9 nitrogen and oxygen atoms in total. The number of hydrogen-bond donors (Lipinski definition) is 4. The highest BCUT2D eigenvalue weighted by atomic mass is 16.5. The van der Waals surface area contributed by atoms with E-state index in [1.54, 1.807) is 0 Å². The fourth-order valence-corrected chi connectivity index (χ4v) is 2.20. The number of nitrogens with two attached hydrogens (primary N) is 1. The summed E-state index contributed by atoms with van der Waals surface area (Å²) in [5.74, 6) is -0.0171. The smallest absolute Gasteiger partial charge is 0.280 e. The fourth-order valence-electron chi connectivity index (χ4n) is 2.20. The number of aliphatic hydroxyl groups excluding tert-OH is 2. The molecule has 0 spiro atoms. The molecule has 0 saturated carbocycles. The van der Waals surface area contributed by atoms with Gasteiger partial charge in [0.15, 0.2) is 11.2 Å². The van der Waals surface area contributed by atoms with Crippen LogP contribution < -0.4 is 11.3 Å². The average molecular weight is 267 g/mol. The van der Waals surface area contributed by atoms with Crippen molar-refractivity contribution in [3.05, 3.63) is 16.7 Å². The van der Waals surface area contributed by atoms with Gasteiger partial charge in [-0.15, -0.1) is 0 Å². The third-order valence-electron chi connectivity index (χ3n) is 3.15. The maximum atomic E-state index is 11.6. The Labute approximate surface area is 106 Å². The van der Waals surface area contributed by atoms with Crippen LogP contribution in [0, 0.1) is 0 Å². The van der Waals surface area contributed by atoms with Gasteiger partial charge in [0.1, 0.15) is 12.3 Å². The van der Waals surface area contributed by atoms with Crippen LogP contribution in [0.3, 0.4) is 0 Å². The molecule has 0 bridgehead atoms. The lowest BCUT2D eigenvalue weighted by atomic mass is 10.2. The molecule has 0 amide bonds. The third-order valence-corrected chi connectivity index (χ3v) is 3.15. The topological polar surface area (TPSA) is 139 Å². The van der Waals surface area contributed by atoms with E-state index in [1.807, 2.05) is 0 Å². The Balaban J connectivity index is 2.05. The molecule has 0 aromatic carbocycles. The number of aromatic nitrogens is 4. The Morgan fingerprint density at radius 3 is 3.11 bits per heavy atom. The van der Waals surface area contributed by atoms with Gasteiger partial charge in [-0.25, -0.2) is 4.98 Å². The molecule has 1 fully saturated rings. The molecule has 2 aromatic heterocycles. The highest BCUT2D eigenvalue weighted by Gasteiger charge is 2.35. The van der Waals surface area contributed by atoms with Crippen molar-refractivity contribution >= 4 is 17.1 Å². The summed E-state index contributed by atoms with van der Waals surface area (Å²) < 4.78 is 7.01. The molecule has 102 valence electrons. The van der Waals surface area contributed by atoms with E-state index in [0.717, 1.165) is 0 Å². The molecule has 1 unspecified atom stereocenters. The maximum absolute atomic E-state index is 11.6. The Bertz CT molecular complexity index is 665. The van der Waals surface area contributed by atoms with Crippen LogP contribution in [-0.2, 0) is 4.74 Å². The summed E-state index contributed by atoms with van der Waals surface area (Å²) in [6.07, 6.45) is -0.270. The number of imidazole rings is 1. The van der Waals surface area contributed by atoms with Gasteiger partial charge in [-0.1, -0.05) is 0 Å². The van der Waals surface area contributed by atoms with Gasteiger partial charge < -0.3 is 20.7 Å². The first kappa shape index (κ1) is 12.1. The van der Waals surface area contributed by atoms with Crippen LogP contribution in [0.5, 0.6) is 0 Å². The molecule has 1 aliphatic heterocycles. The number of nitrogen functional groups attached to an aromatic ring is 1. The molecular weight excluding hydrogens is 254 g/mol. The van der Waals surface area contributed by atoms with Crippen LogP contribution >= 0.6 is 0 Å². The minimum absolute atomic E-state index is 0.0171. The molecule has 19 heavy (non-hydrogen) atoms. The van der Waals surface area contributed by atoms with E-state index in [9.17, 15) is 9.90 Å². The van der Waals surface area contributed by atoms with Crippen molar-refractivity contribution in [3.8, 4) is 0 Å². The van der Waals surface area contributed by atoms with Gasteiger partial charge in [-0.05, 0) is 0 Å². The lowest BCUT2D eigenvalue weighted by Crippen LogP contribution is -2.24. The van der Waals surface area contributed by atoms with Crippen molar-refractivity contribution in [3.63, 3.8) is 0 Å². The van der Waals surface area contributed by atoms with Gasteiger partial charge in [0.2, 0.25) is 5.95 Å². The van der Waals surface area contributed by atoms with Crippen LogP contribution in [0.4, 0.5) is 5.95 Å². The SMILES string of the molecule is Nc1nc2c(ncn2[C@@H]2CC(O)[C@H](CO)O2)c(=O)[nH]1. The molecular formula is C10H13N5O4. The lowest BCUT2D eigenvalue weighted by Gasteiger charge is -2.13. The second kappa shape index (κ2) is 4.30. The number of nitrogens with zero attached hydrogens (tertiary/aromatic N) is 3. The number of nitrogens with one attached hydrogen (secondary N) is 1. The molecule has 3 heterocycles. The predicted octanol–water partition coefficient (Wildman–Crippen LogP) is -1.66. The van der Waals surface area contributed by atoms with E-state index in [0.29, 0.717) is 0 Å². The Morgan fingerprint density at radius 2 is 2.42 bits per heavy atom. The largest absolute Gasteiger partial charge is 0.394 e. The second-order valence-corrected chi connectivity index (χ2v) is 4.39. The van der Waals surface area contributed by atoms with Gasteiger partial charge in [-0.3, -0.25) is 14.3 Å². The third kappa shape index (κ3) is 1.87. The van der Waals surface area contributed by atoms with Crippen LogP contribution in [0.25, 0.3) is 11.2 Å². The number of aromatic amines is 1. The Morgan fingerprint density at radius 1 is 1.63 bits per heavy atom. The van der Waals surface area contributed by atoms with Crippen LogP contribution in [0.15, 0.2) is 11.1 Å². The standard InChI is InChI=1S/C10H13N5O4/c11-10-13-8-7(9(18)14-10)12-3-15(8)6-1-4(17)5(2-16)19-6/h3-6,16-17H,1-2H2,(H3,11,13,14,18)/t4?,5-,6-/m0/s1. The number of aliphatic hydroxyl groups is 2. The van der Waals surface area contributed by atoms with Crippen molar-refractivity contribution in [2.45, 2.75) is 24.9 Å². The summed E-state index contributed by atoms with van der Waals surface area (Å²) in [7, 11) is 0. The van der Waals surface area contributed by atoms with Gasteiger partial charge in [0.25, 0.3) is 5.56 Å². The first-order valence-corrected chi connectivity index (χ1v) is 5.77. The minimum Gasteiger partial charge on any atom is -0.394 e. The molecule has 3 atom stereocenters. The number of ether oxygens (including phenoxy) is 1. The summed E-state index contributed by atoms with van der Waals surface area (Å²) in [6, 6.07) is 0. The normalized spacial score (nSPS) is 27.2. The van der Waals surface area contributed by atoms with Crippen molar-refractivity contribution in [2.75, 3.05) is 12.3 Å². The number of fused-ring (bicyclic) bond motifs is 1. The molecule has 9 heteroatoms. The number of rotatable bonds is 2. The van der Waals surface area contributed by atoms with Crippen molar-refractivity contribution in [1.82, 2.24) is 19.5 Å². The molecule has 1 saturated heterocycles. The predicted molar refractivity (Wildman–Crippen MR) is 64.2 cm³/mol. The highest BCUT2D eigenvalue weighted by molar-refractivity contribution is 5.70. The van der Waals surface area contributed by atoms with E-state index < -0.39 is 24.0 Å². The Kier molecular flexibility index (Phi) is 2.73. The summed E-state index contributed by atoms with van der Waals surface area (Å²) >= 11 is 0. The highest BCUT2D eigenvalue weighted by Crippen LogP contribution is 2.30. The Hall–Kier alpha value is -1.97. The first-order valence-electron chi connectivity index (χ1n) is 5.77. The van der Waals surface area contributed by atoms with Crippen LogP contribution in [0.2, 0.25) is 0 Å². The summed E-state index contributed by atoms with van der Waals surface area (Å²) in [5, 5.41) is 18.8. The van der Waals surface area contributed by atoms with E-state index in [4.69, 9.17) is 15.6 Å². The molecule has 2 aromatic rings. The zero-order chi connectivity index (χ0) is 13.6. The van der Waals surface area contributed by atoms with E-state index in [-0.39, 0.29) is 30.1 Å². The van der Waals surface area contributed by atoms with Gasteiger partial charge in [0.05, 0.1) is 19.0 Å². The molecule has 0 radical (unpaired) electrons. The van der Waals surface area contributed by atoms with E-state index >= 15 is 0 Å². The summed E-state index contributed by atoms with van der Waals surface area (Å²) in [6.45, 7) is -0.277. The van der Waals surface area contributed by atoms with Gasteiger partial charge in [0, 0.05) is 6.42 Å². The summed E-state index contributed by atoms with van der Waals surface area (Å²) in [5.41, 5.74) is 5.50. The van der Waals surface area contributed by atoms with E-state index in [1.165, 1.54) is 10.9 Å². The summed E-state index contributed by atoms with van der Waals surface area (Å²) in [4.78, 5) is 22.0. The zero-order valence-electron chi connectivity index (χ0n) is 9.85. The number of anilines is 1. The van der Waals surface area contributed by atoms with Crippen molar-refractivity contribution in [1.29, 1.82) is 0 Å². The molecule has 1 aliphatic rings. The zero-order valence-corrected chi connectivity index (χ0v) is 9.85. The first-order chi connectivity index (χ1) is 9.10. The molecule has 3 rings (SSSR count). The van der Waals surface area contributed by atoms with Crippen molar-refractivity contribution in [2.24, 2.45) is 0 Å². The lowest BCUT2D eigenvalue weighted by molar-refractivity contribution is -0.0432. The van der Waals surface area contributed by atoms with Gasteiger partial charge in [-0.2, -0.15) is 4.98 Å². The molecule has 5 N–H and O–H groups in total. The monoisotopic (exact) mass is 267 g/mol. The second-order valence-electron chi connectivity index (χ2n) is 4.39.